The van der Waals surface area contributed by atoms with Crippen molar-refractivity contribution in [3.8, 4) is 5.75 Å². The summed E-state index contributed by atoms with van der Waals surface area (Å²) >= 11 is 3.51. The minimum Gasteiger partial charge on any atom is -0.493 e. The van der Waals surface area contributed by atoms with Gasteiger partial charge in [0.05, 0.1) is 25.2 Å². The van der Waals surface area contributed by atoms with Gasteiger partial charge in [-0.1, -0.05) is 45.8 Å². The zero-order chi connectivity index (χ0) is 24.2. The van der Waals surface area contributed by atoms with Crippen LogP contribution in [0.1, 0.15) is 36.6 Å². The summed E-state index contributed by atoms with van der Waals surface area (Å²) < 4.78 is 12.3. The molecular formula is C26H27BrN2O5. The van der Waals surface area contributed by atoms with Crippen LogP contribution in [0.4, 0.5) is 0 Å². The average molecular weight is 527 g/mol. The standard InChI is InChI=1S/C26H27BrN2O5/c1-4-33-24(31)22-19-14-34-20-10-9-17(27)11-18(20)23(19)29-21(30)13-28(25(32)26(22,29)3)12-16-7-5-15(2)6-8-16/h5-11,19,22-23H,4,12-14H2,1-3H3/t19?,22?,23?,26-/m1/s1. The Kier molecular flexibility index (Phi) is 5.67. The minimum atomic E-state index is -1.37. The Morgan fingerprint density at radius 3 is 2.65 bits per heavy atom. The Morgan fingerprint density at radius 2 is 1.94 bits per heavy atom. The Bertz CT molecular complexity index is 1170. The first-order valence-corrected chi connectivity index (χ1v) is 12.3. The number of nitrogens with zero attached hydrogens (tertiary/aromatic N) is 2. The molecule has 4 atom stereocenters. The highest BCUT2D eigenvalue weighted by Crippen LogP contribution is 2.57. The minimum absolute atomic E-state index is 0.0364. The molecule has 2 aromatic rings. The van der Waals surface area contributed by atoms with E-state index in [2.05, 4.69) is 15.9 Å². The van der Waals surface area contributed by atoms with Crippen molar-refractivity contribution in [2.24, 2.45) is 11.8 Å². The van der Waals surface area contributed by atoms with Gasteiger partial charge in [-0.05, 0) is 44.5 Å². The van der Waals surface area contributed by atoms with Crippen LogP contribution in [0.15, 0.2) is 46.9 Å². The lowest BCUT2D eigenvalue weighted by molar-refractivity contribution is -0.170. The van der Waals surface area contributed by atoms with Gasteiger partial charge in [-0.25, -0.2) is 0 Å². The smallest absolute Gasteiger partial charge is 0.312 e. The molecule has 178 valence electrons. The molecule has 2 fully saturated rings. The van der Waals surface area contributed by atoms with Crippen LogP contribution in [0.2, 0.25) is 0 Å². The van der Waals surface area contributed by atoms with E-state index in [0.29, 0.717) is 12.3 Å². The SMILES string of the molecule is CCOC(=O)C1C2COc3ccc(Br)cc3C2N2C(=O)CN(Cc3ccc(C)cc3)C(=O)[C@@]12C. The van der Waals surface area contributed by atoms with E-state index in [-0.39, 0.29) is 31.6 Å². The first-order valence-electron chi connectivity index (χ1n) is 11.5. The maximum Gasteiger partial charge on any atom is 0.312 e. The van der Waals surface area contributed by atoms with Gasteiger partial charge in [0.25, 0.3) is 0 Å². The van der Waals surface area contributed by atoms with Crippen molar-refractivity contribution in [1.29, 1.82) is 0 Å². The summed E-state index contributed by atoms with van der Waals surface area (Å²) in [6.07, 6.45) is 0. The van der Waals surface area contributed by atoms with E-state index in [0.717, 1.165) is 21.2 Å². The number of hydrogen-bond donors (Lipinski definition) is 0. The molecule has 3 heterocycles. The van der Waals surface area contributed by atoms with Crippen LogP contribution in [0.5, 0.6) is 5.75 Å². The van der Waals surface area contributed by atoms with Crippen molar-refractivity contribution < 1.29 is 23.9 Å². The molecule has 0 spiro atoms. The molecule has 2 aromatic carbocycles. The molecule has 0 N–H and O–H groups in total. The van der Waals surface area contributed by atoms with Gasteiger partial charge in [0.1, 0.15) is 17.8 Å². The molecule has 0 bridgehead atoms. The third-order valence-corrected chi connectivity index (χ3v) is 7.78. The molecule has 0 aliphatic carbocycles. The van der Waals surface area contributed by atoms with Gasteiger partial charge in [-0.2, -0.15) is 0 Å². The van der Waals surface area contributed by atoms with Gasteiger partial charge >= 0.3 is 5.97 Å². The van der Waals surface area contributed by atoms with E-state index >= 15 is 0 Å². The van der Waals surface area contributed by atoms with Gasteiger partial charge in [0.15, 0.2) is 0 Å². The first-order chi connectivity index (χ1) is 16.3. The van der Waals surface area contributed by atoms with Crippen LogP contribution in [0.3, 0.4) is 0 Å². The molecule has 5 rings (SSSR count). The molecule has 3 aliphatic heterocycles. The number of aryl methyl sites for hydroxylation is 1. The zero-order valence-electron chi connectivity index (χ0n) is 19.4. The normalized spacial score (nSPS) is 27.6. The van der Waals surface area contributed by atoms with Crippen LogP contribution < -0.4 is 4.74 Å². The molecule has 8 heteroatoms. The topological polar surface area (TPSA) is 76.2 Å². The van der Waals surface area contributed by atoms with Crippen LogP contribution in [-0.4, -0.2) is 52.9 Å². The first kappa shape index (κ1) is 22.9. The summed E-state index contributed by atoms with van der Waals surface area (Å²) in [7, 11) is 0. The average Bonchev–Trinajstić information content (AvgIpc) is 3.09. The van der Waals surface area contributed by atoms with Crippen molar-refractivity contribution >= 4 is 33.7 Å². The fraction of sp³-hybridized carbons (Fsp3) is 0.423. The molecule has 2 saturated heterocycles. The predicted octanol–water partition coefficient (Wildman–Crippen LogP) is 3.63. The number of carbonyl (C=O) groups excluding carboxylic acids is 3. The number of carbonyl (C=O) groups is 3. The highest BCUT2D eigenvalue weighted by molar-refractivity contribution is 9.10. The summed E-state index contributed by atoms with van der Waals surface area (Å²) in [5.41, 5.74) is 1.49. The second-order valence-corrected chi connectivity index (χ2v) is 10.3. The summed E-state index contributed by atoms with van der Waals surface area (Å²) in [6, 6.07) is 13.1. The van der Waals surface area contributed by atoms with E-state index in [9.17, 15) is 14.4 Å². The van der Waals surface area contributed by atoms with Crippen LogP contribution >= 0.6 is 15.9 Å². The second-order valence-electron chi connectivity index (χ2n) is 9.39. The van der Waals surface area contributed by atoms with E-state index in [4.69, 9.17) is 9.47 Å². The fourth-order valence-corrected chi connectivity index (χ4v) is 6.19. The van der Waals surface area contributed by atoms with Crippen molar-refractivity contribution in [1.82, 2.24) is 9.80 Å². The van der Waals surface area contributed by atoms with Gasteiger partial charge < -0.3 is 19.3 Å². The Balaban J connectivity index is 1.59. The molecule has 0 aromatic heterocycles. The van der Waals surface area contributed by atoms with Gasteiger partial charge in [0.2, 0.25) is 11.8 Å². The number of esters is 1. The number of benzene rings is 2. The van der Waals surface area contributed by atoms with E-state index in [1.807, 2.05) is 49.4 Å². The summed E-state index contributed by atoms with van der Waals surface area (Å²) in [4.78, 5) is 44.2. The van der Waals surface area contributed by atoms with Crippen molar-refractivity contribution in [3.05, 3.63) is 63.6 Å². The molecule has 0 radical (unpaired) electrons. The van der Waals surface area contributed by atoms with Crippen molar-refractivity contribution in [2.75, 3.05) is 19.8 Å². The van der Waals surface area contributed by atoms with Crippen molar-refractivity contribution in [3.63, 3.8) is 0 Å². The molecule has 7 nitrogen and oxygen atoms in total. The third-order valence-electron chi connectivity index (χ3n) is 7.29. The third kappa shape index (κ3) is 3.42. The number of hydrogen-bond acceptors (Lipinski definition) is 5. The molecule has 34 heavy (non-hydrogen) atoms. The van der Waals surface area contributed by atoms with Gasteiger partial charge in [-0.15, -0.1) is 0 Å². The monoisotopic (exact) mass is 526 g/mol. The van der Waals surface area contributed by atoms with Crippen LogP contribution in [0.25, 0.3) is 0 Å². The fourth-order valence-electron chi connectivity index (χ4n) is 5.81. The van der Waals surface area contributed by atoms with Crippen LogP contribution in [0, 0.1) is 18.8 Å². The molecule has 3 unspecified atom stereocenters. The maximum atomic E-state index is 14.1. The number of amides is 2. The summed E-state index contributed by atoms with van der Waals surface area (Å²) in [6.45, 7) is 6.15. The van der Waals surface area contributed by atoms with Crippen LogP contribution in [-0.2, 0) is 25.7 Å². The largest absolute Gasteiger partial charge is 0.493 e. The second kappa shape index (κ2) is 8.41. The predicted molar refractivity (Wildman–Crippen MR) is 128 cm³/mol. The van der Waals surface area contributed by atoms with Crippen molar-refractivity contribution in [2.45, 2.75) is 38.9 Å². The van der Waals surface area contributed by atoms with Gasteiger partial charge in [0, 0.05) is 22.5 Å². The number of piperazine rings is 1. The molecule has 3 aliphatic rings. The number of halogens is 1. The lowest BCUT2D eigenvalue weighted by Gasteiger charge is -2.47. The van der Waals surface area contributed by atoms with E-state index in [1.165, 1.54) is 0 Å². The Hall–Kier alpha value is -2.87. The number of rotatable bonds is 4. The lowest BCUT2D eigenvalue weighted by atomic mass is 9.77. The van der Waals surface area contributed by atoms with Gasteiger partial charge in [-0.3, -0.25) is 14.4 Å². The Labute approximate surface area is 207 Å². The summed E-state index contributed by atoms with van der Waals surface area (Å²) in [5, 5.41) is 0. The Morgan fingerprint density at radius 1 is 1.21 bits per heavy atom. The number of ether oxygens (including phenoxy) is 2. The zero-order valence-corrected chi connectivity index (χ0v) is 21.0. The molecule has 0 saturated carbocycles. The molecule has 2 amide bonds. The lowest BCUT2D eigenvalue weighted by Crippen LogP contribution is -2.67. The van der Waals surface area contributed by atoms with E-state index in [1.54, 1.807) is 23.6 Å². The molecular weight excluding hydrogens is 500 g/mol. The highest BCUT2D eigenvalue weighted by atomic mass is 79.9. The maximum absolute atomic E-state index is 14.1. The number of fused-ring (bicyclic) bond motifs is 5. The van der Waals surface area contributed by atoms with E-state index < -0.39 is 29.4 Å². The quantitative estimate of drug-likeness (QED) is 0.568. The highest BCUT2D eigenvalue weighted by Gasteiger charge is 2.69. The summed E-state index contributed by atoms with van der Waals surface area (Å²) in [5.74, 6) is -1.44.